The Morgan fingerprint density at radius 2 is 1.86 bits per heavy atom. The molecule has 0 saturated carbocycles. The number of aliphatic carboxylic acids is 1. The monoisotopic (exact) mass is 309 g/mol. The summed E-state index contributed by atoms with van der Waals surface area (Å²) in [5.74, 6) is -1.23. The average Bonchev–Trinajstić information content (AvgIpc) is 3.04. The molecule has 1 fully saturated rings. The fraction of sp³-hybridized carbons (Fsp3) is 0.533. The van der Waals surface area contributed by atoms with Crippen molar-refractivity contribution < 1.29 is 18.3 Å². The number of fused-ring (bicyclic) bond motifs is 1. The zero-order valence-electron chi connectivity index (χ0n) is 11.7. The third-order valence-corrected chi connectivity index (χ3v) is 6.49. The highest BCUT2D eigenvalue weighted by molar-refractivity contribution is 7.89. The molecule has 0 aromatic heterocycles. The highest BCUT2D eigenvalue weighted by atomic mass is 32.2. The molecule has 1 saturated heterocycles. The van der Waals surface area contributed by atoms with Crippen LogP contribution in [-0.4, -0.2) is 42.6 Å². The first-order valence-corrected chi connectivity index (χ1v) is 8.84. The van der Waals surface area contributed by atoms with Gasteiger partial charge in [-0.2, -0.15) is 0 Å². The van der Waals surface area contributed by atoms with Crippen molar-refractivity contribution in [2.45, 2.75) is 19.3 Å². The van der Waals surface area contributed by atoms with Crippen molar-refractivity contribution in [1.29, 1.82) is 0 Å². The maximum absolute atomic E-state index is 12.4. The van der Waals surface area contributed by atoms with Crippen molar-refractivity contribution in [2.75, 3.05) is 18.8 Å². The van der Waals surface area contributed by atoms with Gasteiger partial charge in [-0.25, -0.2) is 12.7 Å². The number of carboxylic acids is 1. The largest absolute Gasteiger partial charge is 0.481 e. The van der Waals surface area contributed by atoms with Crippen molar-refractivity contribution in [1.82, 2.24) is 4.31 Å². The van der Waals surface area contributed by atoms with E-state index in [2.05, 4.69) is 12.1 Å². The topological polar surface area (TPSA) is 74.7 Å². The lowest BCUT2D eigenvalue weighted by Crippen LogP contribution is -2.34. The molecule has 1 aliphatic carbocycles. The van der Waals surface area contributed by atoms with Gasteiger partial charge in [-0.1, -0.05) is 24.3 Å². The molecule has 1 unspecified atom stereocenters. The quantitative estimate of drug-likeness (QED) is 0.905. The van der Waals surface area contributed by atoms with Crippen LogP contribution < -0.4 is 0 Å². The summed E-state index contributed by atoms with van der Waals surface area (Å²) >= 11 is 0. The van der Waals surface area contributed by atoms with Gasteiger partial charge in [0.25, 0.3) is 0 Å². The van der Waals surface area contributed by atoms with Gasteiger partial charge in [0.15, 0.2) is 0 Å². The minimum absolute atomic E-state index is 0.108. The molecule has 114 valence electrons. The average molecular weight is 309 g/mol. The lowest BCUT2D eigenvalue weighted by Gasteiger charge is -2.18. The second-order valence-electron chi connectivity index (χ2n) is 6.00. The summed E-state index contributed by atoms with van der Waals surface area (Å²) in [5.41, 5.74) is 2.48. The number of rotatable bonds is 4. The summed E-state index contributed by atoms with van der Waals surface area (Å²) in [7, 11) is -3.36. The molecule has 0 spiro atoms. The number of carboxylic acid groups (broad SMARTS) is 1. The van der Waals surface area contributed by atoms with Gasteiger partial charge in [0.05, 0.1) is 11.7 Å². The third kappa shape index (κ3) is 2.96. The minimum atomic E-state index is -3.36. The molecule has 21 heavy (non-hydrogen) atoms. The Bertz CT molecular complexity index is 630. The fourth-order valence-electron chi connectivity index (χ4n) is 3.35. The van der Waals surface area contributed by atoms with E-state index in [1.165, 1.54) is 15.4 Å². The Labute approximate surface area is 124 Å². The first-order valence-electron chi connectivity index (χ1n) is 7.23. The number of carbonyl (C=O) groups is 1. The summed E-state index contributed by atoms with van der Waals surface area (Å²) < 4.78 is 26.2. The van der Waals surface area contributed by atoms with Gasteiger partial charge < -0.3 is 5.11 Å². The number of hydrogen-bond donors (Lipinski definition) is 1. The molecule has 3 rings (SSSR count). The van der Waals surface area contributed by atoms with Crippen LogP contribution in [0.15, 0.2) is 24.3 Å². The third-order valence-electron chi connectivity index (χ3n) is 4.48. The predicted molar refractivity (Wildman–Crippen MR) is 78.4 cm³/mol. The Balaban J connectivity index is 1.65. The Morgan fingerprint density at radius 3 is 2.38 bits per heavy atom. The molecule has 1 aromatic carbocycles. The van der Waals surface area contributed by atoms with Crippen LogP contribution in [0.1, 0.15) is 17.5 Å². The highest BCUT2D eigenvalue weighted by Gasteiger charge is 2.36. The van der Waals surface area contributed by atoms with E-state index in [4.69, 9.17) is 5.11 Å². The Morgan fingerprint density at radius 1 is 1.24 bits per heavy atom. The molecule has 2 aliphatic rings. The second-order valence-corrected chi connectivity index (χ2v) is 8.02. The lowest BCUT2D eigenvalue weighted by atomic mass is 10.1. The standard InChI is InChI=1S/C15H19NO4S/c17-15(18)14-5-6-16(9-14)21(19,20)10-11-7-12-3-1-2-4-13(12)8-11/h1-4,11,14H,5-10H2,(H,17,18). The molecule has 0 bridgehead atoms. The summed E-state index contributed by atoms with van der Waals surface area (Å²) in [6.07, 6.45) is 2.01. The zero-order chi connectivity index (χ0) is 15.0. The Hall–Kier alpha value is -1.40. The molecule has 1 atom stereocenters. The molecule has 6 heteroatoms. The van der Waals surface area contributed by atoms with Crippen LogP contribution in [0.5, 0.6) is 0 Å². The first-order chi connectivity index (χ1) is 9.95. The Kier molecular flexibility index (Phi) is 3.75. The molecule has 1 aromatic rings. The molecular weight excluding hydrogens is 290 g/mol. The summed E-state index contributed by atoms with van der Waals surface area (Å²) in [6, 6.07) is 8.07. The predicted octanol–water partition coefficient (Wildman–Crippen LogP) is 1.14. The van der Waals surface area contributed by atoms with E-state index in [-0.39, 0.29) is 18.2 Å². The van der Waals surface area contributed by atoms with Crippen molar-refractivity contribution in [3.8, 4) is 0 Å². The van der Waals surface area contributed by atoms with Gasteiger partial charge >= 0.3 is 5.97 Å². The van der Waals surface area contributed by atoms with Crippen molar-refractivity contribution in [2.24, 2.45) is 11.8 Å². The molecule has 1 aliphatic heterocycles. The number of benzene rings is 1. The highest BCUT2D eigenvalue weighted by Crippen LogP contribution is 2.29. The lowest BCUT2D eigenvalue weighted by molar-refractivity contribution is -0.141. The van der Waals surface area contributed by atoms with Crippen molar-refractivity contribution in [3.05, 3.63) is 35.4 Å². The van der Waals surface area contributed by atoms with Crippen molar-refractivity contribution in [3.63, 3.8) is 0 Å². The van der Waals surface area contributed by atoms with Gasteiger partial charge in [-0.3, -0.25) is 4.79 Å². The smallest absolute Gasteiger partial charge is 0.307 e. The van der Waals surface area contributed by atoms with Crippen LogP contribution in [-0.2, 0) is 27.7 Å². The van der Waals surface area contributed by atoms with Crippen LogP contribution >= 0.6 is 0 Å². The van der Waals surface area contributed by atoms with Crippen molar-refractivity contribution >= 4 is 16.0 Å². The zero-order valence-corrected chi connectivity index (χ0v) is 12.6. The van der Waals surface area contributed by atoms with Gasteiger partial charge in [-0.15, -0.1) is 0 Å². The van der Waals surface area contributed by atoms with E-state index in [1.54, 1.807) is 0 Å². The second kappa shape index (κ2) is 5.42. The number of hydrogen-bond acceptors (Lipinski definition) is 3. The van der Waals surface area contributed by atoms with Crippen LogP contribution in [0, 0.1) is 11.8 Å². The van der Waals surface area contributed by atoms with E-state index in [9.17, 15) is 13.2 Å². The summed E-state index contributed by atoms with van der Waals surface area (Å²) in [5, 5.41) is 8.98. The van der Waals surface area contributed by atoms with E-state index in [1.807, 2.05) is 12.1 Å². The van der Waals surface area contributed by atoms with Gasteiger partial charge in [0, 0.05) is 13.1 Å². The maximum Gasteiger partial charge on any atom is 0.307 e. The molecule has 1 heterocycles. The number of nitrogens with zero attached hydrogens (tertiary/aromatic N) is 1. The fourth-order valence-corrected chi connectivity index (χ4v) is 5.19. The van der Waals surface area contributed by atoms with Gasteiger partial charge in [0.2, 0.25) is 10.0 Å². The van der Waals surface area contributed by atoms with Crippen LogP contribution in [0.4, 0.5) is 0 Å². The molecule has 1 N–H and O–H groups in total. The van der Waals surface area contributed by atoms with E-state index in [0.29, 0.717) is 13.0 Å². The van der Waals surface area contributed by atoms with E-state index < -0.39 is 21.9 Å². The normalized spacial score (nSPS) is 23.3. The SMILES string of the molecule is O=C(O)C1CCN(S(=O)(=O)CC2Cc3ccccc3C2)C1. The maximum atomic E-state index is 12.4. The number of sulfonamides is 1. The molecular formula is C15H19NO4S. The summed E-state index contributed by atoms with van der Waals surface area (Å²) in [6.45, 7) is 0.455. The minimum Gasteiger partial charge on any atom is -0.481 e. The summed E-state index contributed by atoms with van der Waals surface area (Å²) in [4.78, 5) is 10.9. The molecule has 5 nitrogen and oxygen atoms in total. The van der Waals surface area contributed by atoms with Crippen LogP contribution in [0.2, 0.25) is 0 Å². The van der Waals surface area contributed by atoms with Gasteiger partial charge in [0.1, 0.15) is 0 Å². The molecule has 0 amide bonds. The van der Waals surface area contributed by atoms with E-state index in [0.717, 1.165) is 12.8 Å². The first kappa shape index (κ1) is 14.5. The van der Waals surface area contributed by atoms with Crippen LogP contribution in [0.25, 0.3) is 0 Å². The van der Waals surface area contributed by atoms with E-state index >= 15 is 0 Å². The van der Waals surface area contributed by atoms with Gasteiger partial charge in [-0.05, 0) is 36.3 Å². The molecule has 0 radical (unpaired) electrons. The van der Waals surface area contributed by atoms with Crippen LogP contribution in [0.3, 0.4) is 0 Å².